The minimum Gasteiger partial charge on any atom is -0.477 e. The largest absolute Gasteiger partial charge is 0.477 e. The third-order valence-electron chi connectivity index (χ3n) is 21.1. The maximum absolute atomic E-state index is 13.8. The second kappa shape index (κ2) is 46.6. The molecule has 0 spiro atoms. The summed E-state index contributed by atoms with van der Waals surface area (Å²) in [6.45, 7) is -1.73. The van der Waals surface area contributed by atoms with Crippen molar-refractivity contribution in [2.45, 2.75) is 344 Å². The Morgan fingerprint density at radius 2 is 1.14 bits per heavy atom. The number of carboxylic acid groups (broad SMARTS) is 1. The van der Waals surface area contributed by atoms with E-state index < -0.39 is 241 Å². The predicted molar refractivity (Wildman–Crippen MR) is 384 cm³/mol. The molecule has 0 aliphatic carbocycles. The van der Waals surface area contributed by atoms with Gasteiger partial charge in [0.2, 0.25) is 23.6 Å². The number of aliphatic hydroxyl groups excluding tert-OH is 16. The minimum atomic E-state index is -3.40. The Kier molecular flexibility index (Phi) is 39.4. The number of thioether (sulfide) groups is 1. The summed E-state index contributed by atoms with van der Waals surface area (Å²) >= 11 is 1.81. The number of aliphatic carboxylic acids is 1. The Morgan fingerprint density at radius 1 is 0.595 bits per heavy atom. The average molecular weight is 1620 g/mol. The van der Waals surface area contributed by atoms with E-state index in [2.05, 4.69) is 38.8 Å². The Hall–Kier alpha value is -4.33. The van der Waals surface area contributed by atoms with Gasteiger partial charge in [-0.1, -0.05) is 96.1 Å². The third-order valence-corrected chi connectivity index (χ3v) is 22.6. The van der Waals surface area contributed by atoms with E-state index >= 15 is 0 Å². The maximum atomic E-state index is 13.8. The van der Waals surface area contributed by atoms with Crippen molar-refractivity contribution in [3.05, 3.63) is 12.2 Å². The quantitative estimate of drug-likeness (QED) is 0.0153. The number of carbonyl (C=O) groups excluding carboxylic acids is 5. The number of unbranched alkanes of at least 4 members (excludes halogenated alkanes) is 14. The molecule has 39 nitrogen and oxygen atoms in total. The summed E-state index contributed by atoms with van der Waals surface area (Å²) < 4.78 is 60.0. The molecular weight excluding hydrogens is 1500 g/mol. The fourth-order valence-electron chi connectivity index (χ4n) is 14.8. The molecule has 31 atom stereocenters. The topological polar surface area (TPSA) is 611 Å². The van der Waals surface area contributed by atoms with Crippen LogP contribution >= 0.6 is 11.8 Å². The minimum absolute atomic E-state index is 0.0115. The van der Waals surface area contributed by atoms with Crippen LogP contribution < -0.4 is 31.9 Å². The van der Waals surface area contributed by atoms with E-state index in [-0.39, 0.29) is 35.7 Å². The van der Waals surface area contributed by atoms with Crippen LogP contribution in [0.3, 0.4) is 0 Å². The second-order valence-corrected chi connectivity index (χ2v) is 30.9. The van der Waals surface area contributed by atoms with Gasteiger partial charge in [-0.15, -0.1) is 0 Å². The summed E-state index contributed by atoms with van der Waals surface area (Å²) in [6.07, 6.45) is -30.8. The number of carboxylic acids is 1. The number of nitrogens with one attached hydrogen (secondary N) is 6. The lowest BCUT2D eigenvalue weighted by molar-refractivity contribution is -0.403. The summed E-state index contributed by atoms with van der Waals surface area (Å²) in [5.41, 5.74) is 0. The van der Waals surface area contributed by atoms with Gasteiger partial charge in [-0.05, 0) is 38.5 Å². The molecular formula is C71H122N6O33S. The molecule has 40 heteroatoms. The Bertz CT molecular complexity index is 2850. The number of amides is 6. The summed E-state index contributed by atoms with van der Waals surface area (Å²) in [4.78, 5) is 77.5. The molecule has 0 saturated carbocycles. The number of allylic oxidation sites excluding steroid dienone is 1. The van der Waals surface area contributed by atoms with Crippen LogP contribution in [0.4, 0.5) is 4.79 Å². The van der Waals surface area contributed by atoms with Crippen LogP contribution in [0, 0.1) is 0 Å². The van der Waals surface area contributed by atoms with Crippen molar-refractivity contribution in [3.63, 3.8) is 0 Å². The molecule has 7 saturated heterocycles. The Morgan fingerprint density at radius 3 is 1.78 bits per heavy atom. The van der Waals surface area contributed by atoms with Crippen molar-refractivity contribution >= 4 is 47.4 Å². The highest BCUT2D eigenvalue weighted by Gasteiger charge is 2.62. The smallest absolute Gasteiger partial charge is 0.364 e. The molecule has 0 unspecified atom stereocenters. The monoisotopic (exact) mass is 1620 g/mol. The van der Waals surface area contributed by atoms with Gasteiger partial charge in [-0.2, -0.15) is 11.8 Å². The van der Waals surface area contributed by atoms with Crippen molar-refractivity contribution in [1.82, 2.24) is 31.9 Å². The van der Waals surface area contributed by atoms with E-state index in [0.717, 1.165) is 64.5 Å². The van der Waals surface area contributed by atoms with Gasteiger partial charge in [-0.3, -0.25) is 19.2 Å². The van der Waals surface area contributed by atoms with E-state index in [4.69, 9.17) is 47.4 Å². The van der Waals surface area contributed by atoms with Crippen molar-refractivity contribution in [2.24, 2.45) is 0 Å². The van der Waals surface area contributed by atoms with E-state index in [9.17, 15) is 116 Å². The number of ether oxygens (including phenoxy) is 10. The molecule has 0 radical (unpaired) electrons. The Labute approximate surface area is 648 Å². The molecule has 23 N–H and O–H groups in total. The van der Waals surface area contributed by atoms with Crippen molar-refractivity contribution in [3.8, 4) is 0 Å². The average Bonchev–Trinajstić information content (AvgIpc) is 1.72. The molecule has 7 aliphatic heterocycles. The first kappa shape index (κ1) is 93.8. The Balaban J connectivity index is 1.08. The van der Waals surface area contributed by atoms with Gasteiger partial charge >= 0.3 is 12.0 Å². The molecule has 7 aliphatic rings. The standard InChI is InChI=1S/C71H122N6O33S/c1-4-5-6-7-8-9-10-11-12-13-14-15-17-22-39(85)37(75-48(89)25-18-16-21-26-72-47(88)24-20-19-23-46-49-38(34-111-46)76-70(100)77-49)33-101-66-58(96)56(94)60(44(31-81)104-66)106-68-59(97)64(110-71(69(98)99)27-40(86)50(73-35(2)83)63(109-71)52(90)41(87)28-78)61(45(32-82)105-68)107-65-51(74-36(3)84)62(54(92)43(30-80)102-65)108-67-57(95)55(93)53(91)42(29-79)103-67/h17,22,37-46,49-68,78-82,85-87,90-97H,4-16,18-21,23-34H2,1-3H3,(H,72,88)(H,73,83)(H,74,84)(H,75,89)(H,98,99)(H2,76,77,100)/b22-17+/t37-,38-,39+,40-,41+,42+,43+,44+,45+,46-,49-,50+,51+,52+,53-,54-,55-,56+,57+,58+,59+,60+,61-,62+,63+,64+,65-,66+,67-,68-,71-/m0/s1. The van der Waals surface area contributed by atoms with Crippen LogP contribution in [-0.4, -0.2) is 363 Å². The number of carbonyl (C=O) groups is 6. The molecule has 0 bridgehead atoms. The lowest BCUT2D eigenvalue weighted by Crippen LogP contribution is -2.72. The van der Waals surface area contributed by atoms with Gasteiger partial charge in [0.25, 0.3) is 5.79 Å². The lowest BCUT2D eigenvalue weighted by Gasteiger charge is -2.52. The second-order valence-electron chi connectivity index (χ2n) is 29.6. The van der Waals surface area contributed by atoms with Crippen LogP contribution in [0.15, 0.2) is 12.2 Å². The van der Waals surface area contributed by atoms with Crippen molar-refractivity contribution < 1.29 is 163 Å². The molecule has 7 heterocycles. The lowest BCUT2D eigenvalue weighted by atomic mass is 9.88. The van der Waals surface area contributed by atoms with Gasteiger partial charge in [0, 0.05) is 50.7 Å². The van der Waals surface area contributed by atoms with Gasteiger partial charge in [-0.25, -0.2) is 9.59 Å². The fourth-order valence-corrected chi connectivity index (χ4v) is 16.4. The first-order chi connectivity index (χ1) is 53.0. The molecule has 7 fully saturated rings. The highest BCUT2D eigenvalue weighted by Crippen LogP contribution is 2.42. The molecule has 6 amide bonds. The molecule has 0 aromatic rings. The van der Waals surface area contributed by atoms with Crippen LogP contribution in [0.1, 0.15) is 156 Å². The van der Waals surface area contributed by atoms with E-state index in [1.54, 1.807) is 6.08 Å². The molecule has 111 heavy (non-hydrogen) atoms. The molecule has 7 rings (SSSR count). The zero-order valence-corrected chi connectivity index (χ0v) is 63.8. The van der Waals surface area contributed by atoms with E-state index in [0.29, 0.717) is 45.1 Å². The number of fused-ring (bicyclic) bond motifs is 1. The first-order valence-electron chi connectivity index (χ1n) is 38.8. The van der Waals surface area contributed by atoms with E-state index in [1.165, 1.54) is 44.6 Å². The van der Waals surface area contributed by atoms with Gasteiger partial charge in [0.15, 0.2) is 25.2 Å². The van der Waals surface area contributed by atoms with Crippen LogP contribution in [-0.2, 0) is 71.3 Å². The fraction of sp³-hybridized carbons (Fsp3) is 0.887. The summed E-state index contributed by atoms with van der Waals surface area (Å²) in [7, 11) is 0. The SMILES string of the molecule is CCCCCCCCCCCCC/C=C/[C@@H](O)[C@H](CO[C@@H]1O[C@H](CO)[C@@H](O[C@@H]2O[C@H](CO)[C@H](O[C@@H]3O[C@H](CO)[C@H](O)[C@H](O[C@@H]4O[C@H](CO)[C@H](O)[C@H](O)[C@H]4O)[C@H]3NC(C)=O)[C@H](O[C@]3(C(=O)O)C[C@H](O)[C@@H](NC(C)=O)[C@H]([C@H](O)[C@H](O)CO)O3)[C@H]2O)[C@H](O)[C@H]1O)NC(=O)CCCCCNC(=O)CCCC[C@@H]1SC[C@@H]2NC(=O)N[C@@H]21. The highest BCUT2D eigenvalue weighted by atomic mass is 32.2. The number of aliphatic hydroxyl groups is 16. The number of urea groups is 1. The summed E-state index contributed by atoms with van der Waals surface area (Å²) in [5, 5.41) is 206. The number of hydrogen-bond acceptors (Lipinski definition) is 33. The zero-order chi connectivity index (χ0) is 81.2. The predicted octanol–water partition coefficient (Wildman–Crippen LogP) is -5.90. The number of rotatable bonds is 47. The van der Waals surface area contributed by atoms with Gasteiger partial charge in [0.05, 0.1) is 76.0 Å². The van der Waals surface area contributed by atoms with Crippen molar-refractivity contribution in [1.29, 1.82) is 0 Å². The third kappa shape index (κ3) is 26.3. The van der Waals surface area contributed by atoms with Crippen LogP contribution in [0.5, 0.6) is 0 Å². The molecule has 640 valence electrons. The summed E-state index contributed by atoms with van der Waals surface area (Å²) in [6, 6.07) is -4.87. The van der Waals surface area contributed by atoms with E-state index in [1.807, 2.05) is 11.8 Å². The molecule has 0 aromatic heterocycles. The highest BCUT2D eigenvalue weighted by molar-refractivity contribution is 8.00. The van der Waals surface area contributed by atoms with Crippen LogP contribution in [0.25, 0.3) is 0 Å². The normalized spacial score (nSPS) is 36.8. The van der Waals surface area contributed by atoms with Gasteiger partial charge in [0.1, 0.15) is 116 Å². The maximum Gasteiger partial charge on any atom is 0.364 e. The molecule has 0 aromatic carbocycles. The summed E-state index contributed by atoms with van der Waals surface area (Å²) in [5.74, 6) is -7.14. The van der Waals surface area contributed by atoms with Crippen molar-refractivity contribution in [2.75, 3.05) is 51.9 Å². The first-order valence-corrected chi connectivity index (χ1v) is 39.9. The van der Waals surface area contributed by atoms with Gasteiger partial charge < -0.3 is 166 Å². The zero-order valence-electron chi connectivity index (χ0n) is 63.0. The number of hydrogen-bond donors (Lipinski definition) is 23. The van der Waals surface area contributed by atoms with Crippen LogP contribution in [0.2, 0.25) is 0 Å².